The molecule has 0 aromatic heterocycles. The van der Waals surface area contributed by atoms with Crippen molar-refractivity contribution in [3.63, 3.8) is 0 Å². The van der Waals surface area contributed by atoms with E-state index in [1.807, 2.05) is 13.8 Å². The summed E-state index contributed by atoms with van der Waals surface area (Å²) in [6.45, 7) is 4.72. The van der Waals surface area contributed by atoms with Crippen LogP contribution in [0.15, 0.2) is 29.2 Å². The van der Waals surface area contributed by atoms with Gasteiger partial charge in [-0.2, -0.15) is 0 Å². The second-order valence-corrected chi connectivity index (χ2v) is 5.85. The van der Waals surface area contributed by atoms with E-state index in [1.165, 1.54) is 12.1 Å². The molecule has 1 aromatic rings. The lowest BCUT2D eigenvalue weighted by Crippen LogP contribution is -2.28. The predicted molar refractivity (Wildman–Crippen MR) is 70.7 cm³/mol. The summed E-state index contributed by atoms with van der Waals surface area (Å²) in [7, 11) is -1.95. The molecular formula is C12H20N2O3S. The van der Waals surface area contributed by atoms with Crippen molar-refractivity contribution in [2.24, 2.45) is 5.14 Å². The summed E-state index contributed by atoms with van der Waals surface area (Å²) in [5, 5.41) is 8.34. The number of rotatable bonds is 6. The van der Waals surface area contributed by atoms with Gasteiger partial charge in [0.2, 0.25) is 10.0 Å². The number of ether oxygens (including phenoxy) is 1. The molecule has 0 aliphatic carbocycles. The van der Waals surface area contributed by atoms with Crippen molar-refractivity contribution in [1.29, 1.82) is 0 Å². The van der Waals surface area contributed by atoms with Crippen LogP contribution in [0.1, 0.15) is 25.5 Å². The summed E-state index contributed by atoms with van der Waals surface area (Å²) in [5.41, 5.74) is 1.01. The van der Waals surface area contributed by atoms with E-state index in [2.05, 4.69) is 5.32 Å². The Labute approximate surface area is 108 Å². The first kappa shape index (κ1) is 15.1. The van der Waals surface area contributed by atoms with Crippen LogP contribution >= 0.6 is 0 Å². The standard InChI is InChI=1S/C12H20N2O3S/c1-9(17-3)8-14-10(2)11-4-6-12(7-5-11)18(13,15)16/h4-7,9-10,14H,8H2,1-3H3,(H2,13,15,16). The first-order chi connectivity index (χ1) is 8.34. The second-order valence-electron chi connectivity index (χ2n) is 4.29. The summed E-state index contributed by atoms with van der Waals surface area (Å²) >= 11 is 0. The van der Waals surface area contributed by atoms with Crippen LogP contribution in [0, 0.1) is 0 Å². The SMILES string of the molecule is COC(C)CNC(C)c1ccc(S(N)(=O)=O)cc1. The van der Waals surface area contributed by atoms with Crippen LogP contribution < -0.4 is 10.5 Å². The minimum atomic E-state index is -3.62. The molecule has 0 bridgehead atoms. The van der Waals surface area contributed by atoms with Crippen molar-refractivity contribution in [3.8, 4) is 0 Å². The van der Waals surface area contributed by atoms with Crippen LogP contribution in [0.5, 0.6) is 0 Å². The van der Waals surface area contributed by atoms with Crippen molar-refractivity contribution in [2.75, 3.05) is 13.7 Å². The van der Waals surface area contributed by atoms with Crippen LogP contribution in [0.25, 0.3) is 0 Å². The molecule has 102 valence electrons. The molecule has 0 saturated carbocycles. The Morgan fingerprint density at radius 3 is 2.28 bits per heavy atom. The average Bonchev–Trinajstić information content (AvgIpc) is 2.34. The first-order valence-electron chi connectivity index (χ1n) is 5.73. The fraction of sp³-hybridized carbons (Fsp3) is 0.500. The van der Waals surface area contributed by atoms with Gasteiger partial charge in [0, 0.05) is 19.7 Å². The van der Waals surface area contributed by atoms with Crippen LogP contribution in [-0.2, 0) is 14.8 Å². The molecule has 0 aliphatic heterocycles. The maximum Gasteiger partial charge on any atom is 0.238 e. The maximum absolute atomic E-state index is 11.1. The summed E-state index contributed by atoms with van der Waals surface area (Å²) in [5.74, 6) is 0. The third-order valence-electron chi connectivity index (χ3n) is 2.82. The zero-order chi connectivity index (χ0) is 13.8. The van der Waals surface area contributed by atoms with E-state index in [0.29, 0.717) is 0 Å². The van der Waals surface area contributed by atoms with Crippen LogP contribution in [0.3, 0.4) is 0 Å². The summed E-state index contributed by atoms with van der Waals surface area (Å²) in [6, 6.07) is 6.67. The zero-order valence-corrected chi connectivity index (χ0v) is 11.7. The molecule has 0 heterocycles. The first-order valence-corrected chi connectivity index (χ1v) is 7.28. The lowest BCUT2D eigenvalue weighted by molar-refractivity contribution is 0.115. The molecule has 2 atom stereocenters. The highest BCUT2D eigenvalue weighted by Crippen LogP contribution is 2.15. The maximum atomic E-state index is 11.1. The Balaban J connectivity index is 2.68. The molecule has 0 amide bonds. The van der Waals surface area contributed by atoms with E-state index in [4.69, 9.17) is 9.88 Å². The molecule has 1 aromatic carbocycles. The van der Waals surface area contributed by atoms with E-state index in [1.54, 1.807) is 19.2 Å². The van der Waals surface area contributed by atoms with E-state index >= 15 is 0 Å². The smallest absolute Gasteiger partial charge is 0.238 e. The monoisotopic (exact) mass is 272 g/mol. The van der Waals surface area contributed by atoms with E-state index in [-0.39, 0.29) is 17.0 Å². The molecule has 2 unspecified atom stereocenters. The third kappa shape index (κ3) is 4.38. The molecule has 1 rings (SSSR count). The van der Waals surface area contributed by atoms with Crippen LogP contribution in [-0.4, -0.2) is 28.2 Å². The van der Waals surface area contributed by atoms with Crippen LogP contribution in [0.4, 0.5) is 0 Å². The number of hydrogen-bond donors (Lipinski definition) is 2. The molecule has 0 saturated heterocycles. The van der Waals surface area contributed by atoms with E-state index < -0.39 is 10.0 Å². The largest absolute Gasteiger partial charge is 0.380 e. The Hall–Kier alpha value is -0.950. The Morgan fingerprint density at radius 2 is 1.83 bits per heavy atom. The molecule has 6 heteroatoms. The number of methoxy groups -OCH3 is 1. The molecule has 0 radical (unpaired) electrons. The minimum Gasteiger partial charge on any atom is -0.380 e. The van der Waals surface area contributed by atoms with Gasteiger partial charge in [0.25, 0.3) is 0 Å². The summed E-state index contributed by atoms with van der Waals surface area (Å²) < 4.78 is 27.4. The Kier molecular flexibility index (Phi) is 5.28. The quantitative estimate of drug-likeness (QED) is 0.810. The number of nitrogens with two attached hydrogens (primary N) is 1. The topological polar surface area (TPSA) is 81.4 Å². The van der Waals surface area contributed by atoms with Gasteiger partial charge in [0.05, 0.1) is 11.0 Å². The normalized spacial score (nSPS) is 15.3. The number of sulfonamides is 1. The van der Waals surface area contributed by atoms with Crippen molar-refractivity contribution in [2.45, 2.75) is 30.9 Å². The van der Waals surface area contributed by atoms with Crippen LogP contribution in [0.2, 0.25) is 0 Å². The highest BCUT2D eigenvalue weighted by atomic mass is 32.2. The van der Waals surface area contributed by atoms with Gasteiger partial charge < -0.3 is 10.1 Å². The Bertz CT molecular complexity index is 471. The summed E-state index contributed by atoms with van der Waals surface area (Å²) in [4.78, 5) is 0.128. The van der Waals surface area contributed by atoms with Gasteiger partial charge in [-0.1, -0.05) is 12.1 Å². The lowest BCUT2D eigenvalue weighted by atomic mass is 10.1. The van der Waals surface area contributed by atoms with Crippen molar-refractivity contribution in [1.82, 2.24) is 5.32 Å². The fourth-order valence-electron chi connectivity index (χ4n) is 1.49. The summed E-state index contributed by atoms with van der Waals surface area (Å²) in [6.07, 6.45) is 0.135. The molecule has 18 heavy (non-hydrogen) atoms. The molecule has 0 aliphatic rings. The number of nitrogens with one attached hydrogen (secondary N) is 1. The Morgan fingerprint density at radius 1 is 1.28 bits per heavy atom. The lowest BCUT2D eigenvalue weighted by Gasteiger charge is -2.17. The van der Waals surface area contributed by atoms with Gasteiger partial charge >= 0.3 is 0 Å². The predicted octanol–water partition coefficient (Wildman–Crippen LogP) is 1.02. The van der Waals surface area contributed by atoms with Gasteiger partial charge in [-0.05, 0) is 31.5 Å². The average molecular weight is 272 g/mol. The van der Waals surface area contributed by atoms with Gasteiger partial charge in [-0.3, -0.25) is 0 Å². The van der Waals surface area contributed by atoms with Crippen molar-refractivity contribution in [3.05, 3.63) is 29.8 Å². The molecule has 3 N–H and O–H groups in total. The van der Waals surface area contributed by atoms with Gasteiger partial charge in [-0.15, -0.1) is 0 Å². The third-order valence-corrected chi connectivity index (χ3v) is 3.75. The minimum absolute atomic E-state index is 0.122. The molecular weight excluding hydrogens is 252 g/mol. The van der Waals surface area contributed by atoms with Crippen molar-refractivity contribution >= 4 is 10.0 Å². The molecule has 0 spiro atoms. The van der Waals surface area contributed by atoms with Crippen molar-refractivity contribution < 1.29 is 13.2 Å². The van der Waals surface area contributed by atoms with Gasteiger partial charge in [0.15, 0.2) is 0 Å². The second kappa shape index (κ2) is 6.29. The molecule has 5 nitrogen and oxygen atoms in total. The highest BCUT2D eigenvalue weighted by molar-refractivity contribution is 7.89. The van der Waals surface area contributed by atoms with E-state index in [9.17, 15) is 8.42 Å². The van der Waals surface area contributed by atoms with Gasteiger partial charge in [0.1, 0.15) is 0 Å². The number of hydrogen-bond acceptors (Lipinski definition) is 4. The number of primary sulfonamides is 1. The van der Waals surface area contributed by atoms with E-state index in [0.717, 1.165) is 12.1 Å². The fourth-order valence-corrected chi connectivity index (χ4v) is 2.01. The van der Waals surface area contributed by atoms with Gasteiger partial charge in [-0.25, -0.2) is 13.6 Å². The highest BCUT2D eigenvalue weighted by Gasteiger charge is 2.10. The zero-order valence-electron chi connectivity index (χ0n) is 10.9. The molecule has 0 fully saturated rings. The number of benzene rings is 1.